The zero-order valence-corrected chi connectivity index (χ0v) is 12.8. The molecule has 0 radical (unpaired) electrons. The number of hydrogen-bond acceptors (Lipinski definition) is 4. The first-order valence-corrected chi connectivity index (χ1v) is 7.56. The van der Waals surface area contributed by atoms with Gasteiger partial charge in [-0.25, -0.2) is 0 Å². The first-order chi connectivity index (χ1) is 9.72. The Morgan fingerprint density at radius 1 is 1.25 bits per heavy atom. The Kier molecular flexibility index (Phi) is 5.41. The fourth-order valence-corrected chi connectivity index (χ4v) is 2.41. The van der Waals surface area contributed by atoms with Crippen LogP contribution in [0.4, 0.5) is 0 Å². The van der Waals surface area contributed by atoms with Crippen molar-refractivity contribution >= 4 is 5.96 Å². The lowest BCUT2D eigenvalue weighted by Crippen LogP contribution is -2.40. The zero-order valence-electron chi connectivity index (χ0n) is 12.8. The lowest BCUT2D eigenvalue weighted by molar-refractivity contribution is 0.308. The van der Waals surface area contributed by atoms with E-state index in [1.54, 1.807) is 0 Å². The highest BCUT2D eigenvalue weighted by Crippen LogP contribution is 2.17. The van der Waals surface area contributed by atoms with Gasteiger partial charge < -0.3 is 15.5 Å². The van der Waals surface area contributed by atoms with Crippen molar-refractivity contribution in [1.29, 1.82) is 0 Å². The smallest absolute Gasteiger partial charge is 0.191 e. The second-order valence-corrected chi connectivity index (χ2v) is 5.25. The molecular formula is C16H26N4. The summed E-state index contributed by atoms with van der Waals surface area (Å²) in [5, 5.41) is 6.85. The SMILES string of the molecule is CCN(CC)CCNC1=NCC(c2ccc(C)cc2)N1. The number of nitrogens with one attached hydrogen (secondary N) is 2. The van der Waals surface area contributed by atoms with Crippen molar-refractivity contribution in [2.45, 2.75) is 26.8 Å². The molecule has 0 spiro atoms. The summed E-state index contributed by atoms with van der Waals surface area (Å²) in [6, 6.07) is 8.99. The van der Waals surface area contributed by atoms with Gasteiger partial charge in [-0.3, -0.25) is 4.99 Å². The largest absolute Gasteiger partial charge is 0.355 e. The number of aliphatic imine (C=N–C) groups is 1. The first-order valence-electron chi connectivity index (χ1n) is 7.56. The Labute approximate surface area is 122 Å². The van der Waals surface area contributed by atoms with Gasteiger partial charge >= 0.3 is 0 Å². The van der Waals surface area contributed by atoms with Crippen molar-refractivity contribution < 1.29 is 0 Å². The number of hydrogen-bond donors (Lipinski definition) is 2. The number of nitrogens with zero attached hydrogens (tertiary/aromatic N) is 2. The Balaban J connectivity index is 1.76. The molecule has 110 valence electrons. The van der Waals surface area contributed by atoms with Gasteiger partial charge in [0, 0.05) is 13.1 Å². The molecule has 0 fully saturated rings. The van der Waals surface area contributed by atoms with Crippen molar-refractivity contribution in [3.05, 3.63) is 35.4 Å². The molecule has 1 heterocycles. The van der Waals surface area contributed by atoms with E-state index in [4.69, 9.17) is 0 Å². The molecule has 1 aliphatic heterocycles. The third-order valence-electron chi connectivity index (χ3n) is 3.84. The minimum absolute atomic E-state index is 0.312. The molecule has 1 aromatic carbocycles. The maximum absolute atomic E-state index is 4.54. The number of aryl methyl sites for hydroxylation is 1. The normalized spacial score (nSPS) is 18.0. The zero-order chi connectivity index (χ0) is 14.4. The van der Waals surface area contributed by atoms with E-state index >= 15 is 0 Å². The van der Waals surface area contributed by atoms with Crippen LogP contribution in [0.5, 0.6) is 0 Å². The monoisotopic (exact) mass is 274 g/mol. The van der Waals surface area contributed by atoms with Crippen molar-refractivity contribution in [2.24, 2.45) is 4.99 Å². The van der Waals surface area contributed by atoms with Crippen LogP contribution in [-0.4, -0.2) is 43.6 Å². The highest BCUT2D eigenvalue weighted by atomic mass is 15.2. The van der Waals surface area contributed by atoms with Crippen molar-refractivity contribution in [1.82, 2.24) is 15.5 Å². The lowest BCUT2D eigenvalue weighted by Gasteiger charge is -2.19. The average molecular weight is 274 g/mol. The van der Waals surface area contributed by atoms with Crippen LogP contribution in [0.2, 0.25) is 0 Å². The van der Waals surface area contributed by atoms with Gasteiger partial charge in [-0.15, -0.1) is 0 Å². The number of likely N-dealkylation sites (N-methyl/N-ethyl adjacent to an activating group) is 1. The van der Waals surface area contributed by atoms with Crippen molar-refractivity contribution in [2.75, 3.05) is 32.7 Å². The summed E-state index contributed by atoms with van der Waals surface area (Å²) in [6.07, 6.45) is 0. The summed E-state index contributed by atoms with van der Waals surface area (Å²) in [4.78, 5) is 6.94. The molecule has 1 atom stereocenters. The summed E-state index contributed by atoms with van der Waals surface area (Å²) < 4.78 is 0. The maximum Gasteiger partial charge on any atom is 0.191 e. The molecule has 4 heteroatoms. The van der Waals surface area contributed by atoms with E-state index in [1.165, 1.54) is 11.1 Å². The summed E-state index contributed by atoms with van der Waals surface area (Å²) in [5.41, 5.74) is 2.60. The molecule has 20 heavy (non-hydrogen) atoms. The number of rotatable bonds is 6. The minimum Gasteiger partial charge on any atom is -0.355 e. The summed E-state index contributed by atoms with van der Waals surface area (Å²) in [5.74, 6) is 0.933. The summed E-state index contributed by atoms with van der Waals surface area (Å²) in [6.45, 7) is 11.5. The van der Waals surface area contributed by atoms with Crippen LogP contribution in [0.15, 0.2) is 29.3 Å². The van der Waals surface area contributed by atoms with Crippen LogP contribution in [0.3, 0.4) is 0 Å². The highest BCUT2D eigenvalue weighted by Gasteiger charge is 2.18. The molecule has 2 N–H and O–H groups in total. The Morgan fingerprint density at radius 3 is 2.60 bits per heavy atom. The van der Waals surface area contributed by atoms with Crippen LogP contribution >= 0.6 is 0 Å². The fraction of sp³-hybridized carbons (Fsp3) is 0.562. The van der Waals surface area contributed by atoms with Gasteiger partial charge in [0.2, 0.25) is 0 Å². The molecule has 4 nitrogen and oxygen atoms in total. The third-order valence-corrected chi connectivity index (χ3v) is 3.84. The van der Waals surface area contributed by atoms with Crippen LogP contribution < -0.4 is 10.6 Å². The average Bonchev–Trinajstić information content (AvgIpc) is 2.93. The molecular weight excluding hydrogens is 248 g/mol. The van der Waals surface area contributed by atoms with E-state index in [1.807, 2.05) is 0 Å². The summed E-state index contributed by atoms with van der Waals surface area (Å²) >= 11 is 0. The predicted octanol–water partition coefficient (Wildman–Crippen LogP) is 1.93. The molecule has 0 bridgehead atoms. The first kappa shape index (κ1) is 14.9. The molecule has 1 aliphatic rings. The maximum atomic E-state index is 4.54. The molecule has 0 aromatic heterocycles. The van der Waals surface area contributed by atoms with Gasteiger partial charge in [-0.1, -0.05) is 43.7 Å². The lowest BCUT2D eigenvalue weighted by atomic mass is 10.1. The van der Waals surface area contributed by atoms with E-state index < -0.39 is 0 Å². The van der Waals surface area contributed by atoms with Gasteiger partial charge in [-0.2, -0.15) is 0 Å². The van der Waals surface area contributed by atoms with Gasteiger partial charge in [0.1, 0.15) is 0 Å². The molecule has 1 aromatic rings. The van der Waals surface area contributed by atoms with Gasteiger partial charge in [0.15, 0.2) is 5.96 Å². The Morgan fingerprint density at radius 2 is 1.95 bits per heavy atom. The van der Waals surface area contributed by atoms with E-state index in [0.717, 1.165) is 38.7 Å². The van der Waals surface area contributed by atoms with E-state index in [-0.39, 0.29) is 0 Å². The van der Waals surface area contributed by atoms with Crippen molar-refractivity contribution in [3.8, 4) is 0 Å². The number of benzene rings is 1. The predicted molar refractivity (Wildman–Crippen MR) is 85.1 cm³/mol. The van der Waals surface area contributed by atoms with Gasteiger partial charge in [0.05, 0.1) is 12.6 Å². The van der Waals surface area contributed by atoms with Gasteiger partial charge in [0.25, 0.3) is 0 Å². The third kappa shape index (κ3) is 3.97. The minimum atomic E-state index is 0.312. The van der Waals surface area contributed by atoms with Crippen LogP contribution in [0.25, 0.3) is 0 Å². The number of guanidine groups is 1. The standard InChI is InChI=1S/C16H26N4/c1-4-20(5-2)11-10-17-16-18-12-15(19-16)14-8-6-13(3)7-9-14/h6-9,15H,4-5,10-12H2,1-3H3,(H2,17,18,19). The molecule has 1 unspecified atom stereocenters. The van der Waals surface area contributed by atoms with Gasteiger partial charge in [-0.05, 0) is 25.6 Å². The Hall–Kier alpha value is -1.55. The van der Waals surface area contributed by atoms with E-state index in [2.05, 4.69) is 65.6 Å². The molecule has 0 saturated heterocycles. The molecule has 0 saturated carbocycles. The van der Waals surface area contributed by atoms with Crippen molar-refractivity contribution in [3.63, 3.8) is 0 Å². The van der Waals surface area contributed by atoms with Crippen LogP contribution in [-0.2, 0) is 0 Å². The highest BCUT2D eigenvalue weighted by molar-refractivity contribution is 5.82. The summed E-state index contributed by atoms with van der Waals surface area (Å²) in [7, 11) is 0. The molecule has 0 aliphatic carbocycles. The second-order valence-electron chi connectivity index (χ2n) is 5.25. The second kappa shape index (κ2) is 7.29. The molecule has 2 rings (SSSR count). The van der Waals surface area contributed by atoms with E-state index in [9.17, 15) is 0 Å². The van der Waals surface area contributed by atoms with Crippen LogP contribution in [0.1, 0.15) is 31.0 Å². The fourth-order valence-electron chi connectivity index (χ4n) is 2.41. The van der Waals surface area contributed by atoms with Crippen LogP contribution in [0, 0.1) is 6.92 Å². The topological polar surface area (TPSA) is 39.7 Å². The Bertz CT molecular complexity index is 434. The molecule has 0 amide bonds. The quantitative estimate of drug-likeness (QED) is 0.832. The van der Waals surface area contributed by atoms with E-state index in [0.29, 0.717) is 6.04 Å².